The molecule has 3 aromatic rings. The summed E-state index contributed by atoms with van der Waals surface area (Å²) in [6, 6.07) is 17.9. The Labute approximate surface area is 219 Å². The number of nitrogens with zero attached hydrogens (tertiary/aromatic N) is 1. The van der Waals surface area contributed by atoms with Crippen LogP contribution in [-0.2, 0) is 25.5 Å². The van der Waals surface area contributed by atoms with Crippen molar-refractivity contribution in [1.29, 1.82) is 0 Å². The molecule has 1 aliphatic rings. The molecule has 0 spiro atoms. The van der Waals surface area contributed by atoms with Gasteiger partial charge in [-0.2, -0.15) is 0 Å². The van der Waals surface area contributed by atoms with Crippen LogP contribution in [0.1, 0.15) is 35.2 Å². The number of carbonyl (C=O) groups is 3. The fourth-order valence-corrected chi connectivity index (χ4v) is 4.54. The van der Waals surface area contributed by atoms with Gasteiger partial charge in [0.25, 0.3) is 11.7 Å². The number of aliphatic hydroxyl groups is 1. The van der Waals surface area contributed by atoms with Gasteiger partial charge in [0.15, 0.2) is 0 Å². The van der Waals surface area contributed by atoms with Crippen molar-refractivity contribution in [3.8, 4) is 5.75 Å². The largest absolute Gasteiger partial charge is 0.507 e. The summed E-state index contributed by atoms with van der Waals surface area (Å²) in [5.74, 6) is -1.93. The van der Waals surface area contributed by atoms with E-state index in [1.807, 2.05) is 38.1 Å². The van der Waals surface area contributed by atoms with Crippen molar-refractivity contribution in [3.63, 3.8) is 0 Å². The van der Waals surface area contributed by atoms with E-state index in [4.69, 9.17) is 21.1 Å². The first-order valence-electron chi connectivity index (χ1n) is 11.7. The van der Waals surface area contributed by atoms with E-state index in [1.165, 1.54) is 12.0 Å². The van der Waals surface area contributed by atoms with Crippen LogP contribution in [-0.4, -0.2) is 36.5 Å². The zero-order valence-corrected chi connectivity index (χ0v) is 21.4. The Hall–Kier alpha value is -4.10. The predicted molar refractivity (Wildman–Crippen MR) is 141 cm³/mol. The molecule has 0 radical (unpaired) electrons. The fourth-order valence-electron chi connectivity index (χ4n) is 4.37. The highest BCUT2D eigenvalue weighted by Crippen LogP contribution is 2.43. The molecule has 1 N–H and O–H groups in total. The highest BCUT2D eigenvalue weighted by atomic mass is 35.5. The predicted octanol–water partition coefficient (Wildman–Crippen LogP) is 5.39. The average Bonchev–Trinajstić information content (AvgIpc) is 3.15. The van der Waals surface area contributed by atoms with Crippen LogP contribution in [0.5, 0.6) is 5.75 Å². The Bertz CT molecular complexity index is 1400. The average molecular weight is 520 g/mol. The second-order valence-electron chi connectivity index (χ2n) is 8.52. The lowest BCUT2D eigenvalue weighted by Gasteiger charge is -2.27. The molecule has 3 aromatic carbocycles. The van der Waals surface area contributed by atoms with E-state index in [2.05, 4.69) is 0 Å². The molecular formula is C29H26ClNO6. The summed E-state index contributed by atoms with van der Waals surface area (Å²) in [4.78, 5) is 39.8. The van der Waals surface area contributed by atoms with Gasteiger partial charge in [-0.1, -0.05) is 48.0 Å². The quantitative estimate of drug-likeness (QED) is 0.195. The summed E-state index contributed by atoms with van der Waals surface area (Å²) in [6.45, 7) is 4.05. The Morgan fingerprint density at radius 1 is 1.05 bits per heavy atom. The first-order chi connectivity index (χ1) is 17.8. The van der Waals surface area contributed by atoms with Crippen molar-refractivity contribution in [3.05, 3.63) is 99.6 Å². The summed E-state index contributed by atoms with van der Waals surface area (Å²) in [5, 5.41) is 11.7. The molecule has 37 heavy (non-hydrogen) atoms. The zero-order chi connectivity index (χ0) is 26.7. The molecular weight excluding hydrogens is 494 g/mol. The van der Waals surface area contributed by atoms with Crippen LogP contribution in [0.3, 0.4) is 0 Å². The number of anilines is 1. The standard InChI is InChI=1S/C29H26ClNO6/c1-4-37-23-16-19(11-14-22(23)30)27(33)25-26(21-8-6-5-7-17(21)2)31(29(35)28(25)34)20-12-9-18(10-13-20)15-24(32)36-3/h5-14,16,26,33H,4,15H2,1-3H3/b27-25+. The number of halogens is 1. The molecule has 1 amide bonds. The molecule has 1 saturated heterocycles. The monoisotopic (exact) mass is 519 g/mol. The number of esters is 1. The highest BCUT2D eigenvalue weighted by molar-refractivity contribution is 6.51. The van der Waals surface area contributed by atoms with Crippen LogP contribution in [0, 0.1) is 6.92 Å². The van der Waals surface area contributed by atoms with Crippen molar-refractivity contribution < 1.29 is 29.0 Å². The van der Waals surface area contributed by atoms with Gasteiger partial charge in [-0.15, -0.1) is 0 Å². The third-order valence-corrected chi connectivity index (χ3v) is 6.53. The first-order valence-corrected chi connectivity index (χ1v) is 12.1. The molecule has 0 saturated carbocycles. The molecule has 1 aliphatic heterocycles. The number of carbonyl (C=O) groups excluding carboxylic acids is 3. The Morgan fingerprint density at radius 2 is 1.76 bits per heavy atom. The van der Waals surface area contributed by atoms with Crippen LogP contribution in [0.25, 0.3) is 5.76 Å². The number of methoxy groups -OCH3 is 1. The number of aliphatic hydroxyl groups excluding tert-OH is 1. The molecule has 0 bridgehead atoms. The van der Waals surface area contributed by atoms with Crippen LogP contribution >= 0.6 is 11.6 Å². The summed E-state index contributed by atoms with van der Waals surface area (Å²) >= 11 is 6.21. The lowest BCUT2D eigenvalue weighted by molar-refractivity contribution is -0.139. The van der Waals surface area contributed by atoms with Crippen molar-refractivity contribution in [1.82, 2.24) is 0 Å². The Balaban J connectivity index is 1.87. The Morgan fingerprint density at radius 3 is 2.41 bits per heavy atom. The normalized spacial score (nSPS) is 16.6. The first kappa shape index (κ1) is 26.0. The summed E-state index contributed by atoms with van der Waals surface area (Å²) in [5.41, 5.74) is 2.96. The van der Waals surface area contributed by atoms with Gasteiger partial charge in [0.1, 0.15) is 11.5 Å². The summed E-state index contributed by atoms with van der Waals surface area (Å²) < 4.78 is 10.3. The third kappa shape index (κ3) is 5.08. The van der Waals surface area contributed by atoms with Gasteiger partial charge in [-0.3, -0.25) is 19.3 Å². The lowest BCUT2D eigenvalue weighted by Crippen LogP contribution is -2.29. The molecule has 7 nitrogen and oxygen atoms in total. The fraction of sp³-hybridized carbons (Fsp3) is 0.207. The van der Waals surface area contributed by atoms with Crippen molar-refractivity contribution in [2.75, 3.05) is 18.6 Å². The van der Waals surface area contributed by atoms with Gasteiger partial charge in [0.05, 0.1) is 36.8 Å². The molecule has 1 fully saturated rings. The number of hydrogen-bond acceptors (Lipinski definition) is 6. The van der Waals surface area contributed by atoms with Crippen molar-refractivity contribution >= 4 is 40.7 Å². The SMILES string of the molecule is CCOc1cc(/C(O)=C2\C(=O)C(=O)N(c3ccc(CC(=O)OC)cc3)C2c2ccccc2C)ccc1Cl. The van der Waals surface area contributed by atoms with Crippen molar-refractivity contribution in [2.24, 2.45) is 0 Å². The molecule has 1 heterocycles. The van der Waals surface area contributed by atoms with E-state index in [1.54, 1.807) is 42.5 Å². The number of rotatable bonds is 7. The summed E-state index contributed by atoms with van der Waals surface area (Å²) in [7, 11) is 1.32. The van der Waals surface area contributed by atoms with Gasteiger partial charge < -0.3 is 14.6 Å². The minimum Gasteiger partial charge on any atom is -0.507 e. The molecule has 4 rings (SSSR count). The highest BCUT2D eigenvalue weighted by Gasteiger charge is 2.47. The van der Waals surface area contributed by atoms with Crippen LogP contribution < -0.4 is 9.64 Å². The zero-order valence-electron chi connectivity index (χ0n) is 20.7. The lowest BCUT2D eigenvalue weighted by atomic mass is 9.92. The van der Waals surface area contributed by atoms with E-state index >= 15 is 0 Å². The number of ether oxygens (including phenoxy) is 2. The maximum absolute atomic E-state index is 13.4. The number of ketones is 1. The van der Waals surface area contributed by atoms with Gasteiger partial charge >= 0.3 is 5.97 Å². The number of amides is 1. The third-order valence-electron chi connectivity index (χ3n) is 6.22. The van der Waals surface area contributed by atoms with Gasteiger partial charge in [0.2, 0.25) is 0 Å². The van der Waals surface area contributed by atoms with Crippen molar-refractivity contribution in [2.45, 2.75) is 26.3 Å². The number of aryl methyl sites for hydroxylation is 1. The molecule has 1 atom stereocenters. The molecule has 1 unspecified atom stereocenters. The maximum Gasteiger partial charge on any atom is 0.309 e. The second kappa shape index (κ2) is 10.9. The van der Waals surface area contributed by atoms with E-state index in [0.717, 1.165) is 5.56 Å². The molecule has 0 aromatic heterocycles. The van der Waals surface area contributed by atoms with Crippen LogP contribution in [0.15, 0.2) is 72.3 Å². The van der Waals surface area contributed by atoms with E-state index < -0.39 is 17.7 Å². The second-order valence-corrected chi connectivity index (χ2v) is 8.93. The molecule has 190 valence electrons. The van der Waals surface area contributed by atoms with E-state index in [-0.39, 0.29) is 23.7 Å². The van der Waals surface area contributed by atoms with E-state index in [9.17, 15) is 19.5 Å². The van der Waals surface area contributed by atoms with Crippen LogP contribution in [0.2, 0.25) is 5.02 Å². The van der Waals surface area contributed by atoms with Crippen LogP contribution in [0.4, 0.5) is 5.69 Å². The number of benzene rings is 3. The Kier molecular flexibility index (Phi) is 7.64. The van der Waals surface area contributed by atoms with Gasteiger partial charge in [-0.25, -0.2) is 0 Å². The molecule has 0 aliphatic carbocycles. The smallest absolute Gasteiger partial charge is 0.309 e. The topological polar surface area (TPSA) is 93.1 Å². The maximum atomic E-state index is 13.4. The molecule has 8 heteroatoms. The summed E-state index contributed by atoms with van der Waals surface area (Å²) in [6.07, 6.45) is 0.0789. The van der Waals surface area contributed by atoms with E-state index in [0.29, 0.717) is 39.8 Å². The van der Waals surface area contributed by atoms with Gasteiger partial charge in [-0.05, 0) is 60.9 Å². The minimum absolute atomic E-state index is 0.0392. The van der Waals surface area contributed by atoms with Gasteiger partial charge in [0, 0.05) is 11.3 Å². The minimum atomic E-state index is -0.876. The number of hydrogen-bond donors (Lipinski definition) is 1. The number of Topliss-reactive ketones (excluding diaryl/α,β-unsaturated/α-hetero) is 1.